The molecule has 0 aliphatic carbocycles. The van der Waals surface area contributed by atoms with Crippen molar-refractivity contribution in [3.05, 3.63) is 51.2 Å². The molecule has 26 heavy (non-hydrogen) atoms. The molecule has 2 aliphatic heterocycles. The Labute approximate surface area is 154 Å². The van der Waals surface area contributed by atoms with Crippen LogP contribution in [0.4, 0.5) is 0 Å². The first-order chi connectivity index (χ1) is 12.5. The Morgan fingerprint density at radius 2 is 2.19 bits per heavy atom. The number of nitro groups is 1. The van der Waals surface area contributed by atoms with Crippen molar-refractivity contribution in [2.24, 2.45) is 5.92 Å². The van der Waals surface area contributed by atoms with Gasteiger partial charge in [-0.15, -0.1) is 0 Å². The molecule has 3 heterocycles. The second-order valence-corrected chi connectivity index (χ2v) is 7.25. The average Bonchev–Trinajstić information content (AvgIpc) is 3.00. The minimum Gasteiger partial charge on any atom is -0.379 e. The van der Waals surface area contributed by atoms with E-state index in [1.165, 1.54) is 0 Å². The molecular weight excluding hydrogens is 332 g/mol. The van der Waals surface area contributed by atoms with E-state index >= 15 is 0 Å². The molecule has 3 rings (SSSR count). The van der Waals surface area contributed by atoms with Crippen molar-refractivity contribution >= 4 is 0 Å². The lowest BCUT2D eigenvalue weighted by molar-refractivity contribution is -0.438. The maximum Gasteiger partial charge on any atom is 0.289 e. The third-order valence-corrected chi connectivity index (χ3v) is 5.15. The molecule has 2 aliphatic rings. The number of hydrogen-bond donors (Lipinski definition) is 0. The maximum absolute atomic E-state index is 11.8. The highest BCUT2D eigenvalue weighted by atomic mass is 16.6. The molecule has 1 saturated heterocycles. The first-order valence-electron chi connectivity index (χ1n) is 9.40. The van der Waals surface area contributed by atoms with E-state index in [9.17, 15) is 10.1 Å². The molecular formula is C19H28N4O3. The lowest BCUT2D eigenvalue weighted by Crippen LogP contribution is -2.44. The van der Waals surface area contributed by atoms with Crippen LogP contribution >= 0.6 is 0 Å². The van der Waals surface area contributed by atoms with Gasteiger partial charge in [0, 0.05) is 38.1 Å². The number of nitrogens with zero attached hydrogens (tertiary/aromatic N) is 4. The van der Waals surface area contributed by atoms with Crippen LogP contribution in [0.5, 0.6) is 0 Å². The summed E-state index contributed by atoms with van der Waals surface area (Å²) in [6, 6.07) is 4.24. The molecule has 2 atom stereocenters. The number of aryl methyl sites for hydroxylation is 1. The number of ether oxygens (including phenoxy) is 1. The topological polar surface area (TPSA) is 71.7 Å². The summed E-state index contributed by atoms with van der Waals surface area (Å²) in [5, 5.41) is 11.8. The normalized spacial score (nSPS) is 22.7. The second kappa shape index (κ2) is 8.03. The van der Waals surface area contributed by atoms with Gasteiger partial charge in [0.2, 0.25) is 0 Å². The number of fused-ring (bicyclic) bond motifs is 1. The summed E-state index contributed by atoms with van der Waals surface area (Å²) < 4.78 is 5.78. The van der Waals surface area contributed by atoms with Gasteiger partial charge in [-0.25, -0.2) is 0 Å². The zero-order valence-electron chi connectivity index (χ0n) is 15.9. The Bertz CT molecular complexity index is 674. The van der Waals surface area contributed by atoms with Gasteiger partial charge in [-0.3, -0.25) is 15.1 Å². The number of pyridine rings is 1. The highest BCUT2D eigenvalue weighted by Crippen LogP contribution is 2.37. The van der Waals surface area contributed by atoms with Crippen LogP contribution in [-0.4, -0.2) is 52.1 Å². The molecule has 0 aromatic carbocycles. The Morgan fingerprint density at radius 1 is 1.38 bits per heavy atom. The summed E-state index contributed by atoms with van der Waals surface area (Å²) in [5.74, 6) is 0.697. The van der Waals surface area contributed by atoms with Crippen molar-refractivity contribution in [1.29, 1.82) is 0 Å². The van der Waals surface area contributed by atoms with E-state index in [0.717, 1.165) is 49.6 Å². The van der Waals surface area contributed by atoms with Crippen molar-refractivity contribution < 1.29 is 9.66 Å². The monoisotopic (exact) mass is 360 g/mol. The van der Waals surface area contributed by atoms with Crippen LogP contribution in [0.25, 0.3) is 0 Å². The minimum atomic E-state index is -0.193. The van der Waals surface area contributed by atoms with Gasteiger partial charge in [0.15, 0.2) is 5.82 Å². The zero-order valence-corrected chi connectivity index (χ0v) is 15.9. The largest absolute Gasteiger partial charge is 0.379 e. The fourth-order valence-electron chi connectivity index (χ4n) is 3.90. The van der Waals surface area contributed by atoms with E-state index < -0.39 is 0 Å². The smallest absolute Gasteiger partial charge is 0.289 e. The maximum atomic E-state index is 11.8. The quantitative estimate of drug-likeness (QED) is 0.423. The standard InChI is InChI=1S/C19H28N4O3/c1-4-9-26-13-17-10-14(2)18(23(24)25)19-21(7-8-22(17)19)12-16-6-5-15(3)20-11-16/h5-6,11,14,17H,4,7-10,12-13H2,1-3H3/t14-,17+/m1/s1. The summed E-state index contributed by atoms with van der Waals surface area (Å²) in [6.07, 6.45) is 3.61. The number of hydrogen-bond acceptors (Lipinski definition) is 6. The van der Waals surface area contributed by atoms with Crippen LogP contribution in [0, 0.1) is 23.0 Å². The van der Waals surface area contributed by atoms with Crippen molar-refractivity contribution in [1.82, 2.24) is 14.8 Å². The van der Waals surface area contributed by atoms with E-state index in [0.29, 0.717) is 18.8 Å². The molecule has 0 bridgehead atoms. The molecule has 7 nitrogen and oxygen atoms in total. The zero-order chi connectivity index (χ0) is 18.7. The van der Waals surface area contributed by atoms with Gasteiger partial charge in [0.05, 0.1) is 23.5 Å². The van der Waals surface area contributed by atoms with Crippen LogP contribution in [0.2, 0.25) is 0 Å². The fourth-order valence-corrected chi connectivity index (χ4v) is 3.90. The minimum absolute atomic E-state index is 0.0804. The third-order valence-electron chi connectivity index (χ3n) is 5.15. The molecule has 0 amide bonds. The van der Waals surface area contributed by atoms with Crippen molar-refractivity contribution in [3.8, 4) is 0 Å². The van der Waals surface area contributed by atoms with E-state index in [1.54, 1.807) is 0 Å². The summed E-state index contributed by atoms with van der Waals surface area (Å²) in [6.45, 7) is 9.61. The highest BCUT2D eigenvalue weighted by Gasteiger charge is 2.44. The summed E-state index contributed by atoms with van der Waals surface area (Å²) in [4.78, 5) is 20.2. The second-order valence-electron chi connectivity index (χ2n) is 7.25. The summed E-state index contributed by atoms with van der Waals surface area (Å²) >= 11 is 0. The van der Waals surface area contributed by atoms with E-state index in [4.69, 9.17) is 4.74 Å². The Balaban J connectivity index is 1.85. The van der Waals surface area contributed by atoms with Crippen LogP contribution in [0.1, 0.15) is 37.9 Å². The van der Waals surface area contributed by atoms with Crippen LogP contribution < -0.4 is 0 Å². The van der Waals surface area contributed by atoms with E-state index in [-0.39, 0.29) is 16.9 Å². The first kappa shape index (κ1) is 18.6. The number of aromatic nitrogens is 1. The lowest BCUT2D eigenvalue weighted by atomic mass is 9.93. The predicted molar refractivity (Wildman–Crippen MR) is 98.8 cm³/mol. The van der Waals surface area contributed by atoms with Crippen LogP contribution in [-0.2, 0) is 11.3 Å². The van der Waals surface area contributed by atoms with Gasteiger partial charge >= 0.3 is 0 Å². The first-order valence-corrected chi connectivity index (χ1v) is 9.40. The Kier molecular flexibility index (Phi) is 5.76. The third kappa shape index (κ3) is 3.82. The van der Waals surface area contributed by atoms with Gasteiger partial charge in [-0.2, -0.15) is 0 Å². The van der Waals surface area contributed by atoms with E-state index in [1.807, 2.05) is 32.2 Å². The van der Waals surface area contributed by atoms with Crippen molar-refractivity contribution in [2.75, 3.05) is 26.3 Å². The molecule has 0 saturated carbocycles. The molecule has 0 N–H and O–H groups in total. The summed E-state index contributed by atoms with van der Waals surface area (Å²) in [5.41, 5.74) is 2.39. The fraction of sp³-hybridized carbons (Fsp3) is 0.632. The van der Waals surface area contributed by atoms with Gasteiger partial charge in [-0.1, -0.05) is 19.9 Å². The molecule has 1 aromatic rings. The van der Waals surface area contributed by atoms with Crippen LogP contribution in [0.15, 0.2) is 29.8 Å². The molecule has 1 aromatic heterocycles. The van der Waals surface area contributed by atoms with Gasteiger partial charge in [0.1, 0.15) is 0 Å². The van der Waals surface area contributed by atoms with Gasteiger partial charge in [0.25, 0.3) is 5.70 Å². The Hall–Kier alpha value is -2.15. The number of allylic oxidation sites excluding steroid dienone is 1. The molecule has 0 unspecified atom stereocenters. The van der Waals surface area contributed by atoms with Gasteiger partial charge < -0.3 is 14.5 Å². The van der Waals surface area contributed by atoms with Crippen molar-refractivity contribution in [2.45, 2.75) is 46.2 Å². The highest BCUT2D eigenvalue weighted by molar-refractivity contribution is 5.21. The molecule has 0 spiro atoms. The lowest BCUT2D eigenvalue weighted by Gasteiger charge is -2.37. The van der Waals surface area contributed by atoms with E-state index in [2.05, 4.69) is 21.7 Å². The molecule has 7 heteroatoms. The predicted octanol–water partition coefficient (Wildman–Crippen LogP) is 2.79. The molecule has 142 valence electrons. The van der Waals surface area contributed by atoms with Crippen molar-refractivity contribution in [3.63, 3.8) is 0 Å². The average molecular weight is 360 g/mol. The SMILES string of the molecule is CCCOC[C@@H]1C[C@@H](C)C([N+](=O)[O-])=C2N(Cc3ccc(C)nc3)CCN21. The Morgan fingerprint density at radius 3 is 2.85 bits per heavy atom. The summed E-state index contributed by atoms with van der Waals surface area (Å²) in [7, 11) is 0. The van der Waals surface area contributed by atoms with Crippen LogP contribution in [0.3, 0.4) is 0 Å². The number of rotatable bonds is 7. The molecule has 1 fully saturated rings. The van der Waals surface area contributed by atoms with Gasteiger partial charge in [-0.05, 0) is 31.4 Å². The molecule has 0 radical (unpaired) electrons.